The van der Waals surface area contributed by atoms with Gasteiger partial charge in [0.2, 0.25) is 0 Å². The molecule has 0 fully saturated rings. The van der Waals surface area contributed by atoms with E-state index in [2.05, 4.69) is 10.9 Å². The summed E-state index contributed by atoms with van der Waals surface area (Å²) >= 11 is 5.93. The number of para-hydroxylation sites is 1. The van der Waals surface area contributed by atoms with Gasteiger partial charge in [0.1, 0.15) is 11.5 Å². The van der Waals surface area contributed by atoms with E-state index in [1.165, 1.54) is 0 Å². The molecule has 0 heterocycles. The Kier molecular flexibility index (Phi) is 6.86. The van der Waals surface area contributed by atoms with Gasteiger partial charge in [-0.1, -0.05) is 29.8 Å². The molecule has 2 aromatic carbocycles. The molecule has 1 unspecified atom stereocenters. The number of hydrogen-bond acceptors (Lipinski definition) is 4. The summed E-state index contributed by atoms with van der Waals surface area (Å²) in [5, 5.41) is 0.403. The maximum atomic E-state index is 12.0. The Balaban J connectivity index is 1.77. The molecule has 26 heavy (non-hydrogen) atoms. The first-order valence-electron chi connectivity index (χ1n) is 8.06. The number of rotatable bonds is 6. The Hall–Kier alpha value is -2.73. The molecular formula is C19H21ClN2O4. The number of nitrogens with one attached hydrogen (secondary N) is 2. The Labute approximate surface area is 157 Å². The summed E-state index contributed by atoms with van der Waals surface area (Å²) in [5.74, 6) is -0.0165. The topological polar surface area (TPSA) is 76.7 Å². The van der Waals surface area contributed by atoms with Crippen molar-refractivity contribution in [2.24, 2.45) is 0 Å². The number of benzene rings is 2. The molecule has 0 aliphatic heterocycles. The summed E-state index contributed by atoms with van der Waals surface area (Å²) in [6, 6.07) is 12.4. The zero-order valence-corrected chi connectivity index (χ0v) is 15.6. The van der Waals surface area contributed by atoms with Crippen LogP contribution in [0.2, 0.25) is 5.02 Å². The molecule has 0 radical (unpaired) electrons. The minimum absolute atomic E-state index is 0.281. The van der Waals surface area contributed by atoms with Crippen LogP contribution in [0, 0.1) is 13.8 Å². The van der Waals surface area contributed by atoms with Crippen LogP contribution in [0.4, 0.5) is 0 Å². The van der Waals surface area contributed by atoms with Crippen molar-refractivity contribution < 1.29 is 19.1 Å². The zero-order chi connectivity index (χ0) is 19.1. The van der Waals surface area contributed by atoms with Gasteiger partial charge in [-0.05, 0) is 56.2 Å². The number of amides is 2. The second-order valence-electron chi connectivity index (χ2n) is 5.76. The molecule has 1 atom stereocenters. The van der Waals surface area contributed by atoms with Gasteiger partial charge in [-0.3, -0.25) is 20.4 Å². The maximum absolute atomic E-state index is 12.0. The normalized spacial score (nSPS) is 11.4. The Morgan fingerprint density at radius 3 is 2.50 bits per heavy atom. The summed E-state index contributed by atoms with van der Waals surface area (Å²) in [7, 11) is 0. The molecule has 2 rings (SSSR count). The Morgan fingerprint density at radius 1 is 1.08 bits per heavy atom. The third-order valence-corrected chi connectivity index (χ3v) is 3.99. The average Bonchev–Trinajstić information content (AvgIpc) is 2.62. The first kappa shape index (κ1) is 19.6. The van der Waals surface area contributed by atoms with Gasteiger partial charge in [-0.15, -0.1) is 0 Å². The Morgan fingerprint density at radius 2 is 1.81 bits per heavy atom. The van der Waals surface area contributed by atoms with Gasteiger partial charge >= 0.3 is 0 Å². The highest BCUT2D eigenvalue weighted by Gasteiger charge is 2.16. The van der Waals surface area contributed by atoms with E-state index in [1.54, 1.807) is 37.3 Å². The van der Waals surface area contributed by atoms with Gasteiger partial charge in [0.05, 0.1) is 5.02 Å². The van der Waals surface area contributed by atoms with Gasteiger partial charge in [-0.2, -0.15) is 0 Å². The van der Waals surface area contributed by atoms with Crippen LogP contribution in [0.15, 0.2) is 42.5 Å². The molecule has 0 bridgehead atoms. The molecule has 0 saturated heterocycles. The van der Waals surface area contributed by atoms with Gasteiger partial charge in [0.15, 0.2) is 12.7 Å². The molecular weight excluding hydrogens is 356 g/mol. The number of aryl methyl sites for hydroxylation is 2. The minimum atomic E-state index is -0.776. The minimum Gasteiger partial charge on any atom is -0.482 e. The predicted molar refractivity (Wildman–Crippen MR) is 99.2 cm³/mol. The lowest BCUT2D eigenvalue weighted by molar-refractivity contribution is -0.133. The average molecular weight is 377 g/mol. The second kappa shape index (κ2) is 9.10. The van der Waals surface area contributed by atoms with Gasteiger partial charge in [0.25, 0.3) is 11.8 Å². The van der Waals surface area contributed by atoms with Crippen LogP contribution in [0.25, 0.3) is 0 Å². The van der Waals surface area contributed by atoms with Crippen molar-refractivity contribution >= 4 is 23.4 Å². The van der Waals surface area contributed by atoms with Crippen LogP contribution >= 0.6 is 11.6 Å². The van der Waals surface area contributed by atoms with Crippen molar-refractivity contribution in [3.05, 3.63) is 58.6 Å². The number of carbonyl (C=O) groups excluding carboxylic acids is 2. The highest BCUT2D eigenvalue weighted by molar-refractivity contribution is 6.32. The van der Waals surface area contributed by atoms with Crippen LogP contribution in [0.5, 0.6) is 11.5 Å². The zero-order valence-electron chi connectivity index (χ0n) is 14.8. The SMILES string of the molecule is Cc1ccc(OC(C)C(=O)NNC(=O)COc2ccccc2Cl)cc1C. The first-order chi connectivity index (χ1) is 12.4. The number of hydrazine groups is 1. The lowest BCUT2D eigenvalue weighted by atomic mass is 10.1. The molecule has 6 nitrogen and oxygen atoms in total. The van der Waals surface area contributed by atoms with Gasteiger partial charge < -0.3 is 9.47 Å². The first-order valence-corrected chi connectivity index (χ1v) is 8.44. The highest BCUT2D eigenvalue weighted by Crippen LogP contribution is 2.22. The fraction of sp³-hybridized carbons (Fsp3) is 0.263. The van der Waals surface area contributed by atoms with E-state index in [4.69, 9.17) is 21.1 Å². The van der Waals surface area contributed by atoms with E-state index >= 15 is 0 Å². The highest BCUT2D eigenvalue weighted by atomic mass is 35.5. The van der Waals surface area contributed by atoms with E-state index in [0.717, 1.165) is 11.1 Å². The van der Waals surface area contributed by atoms with Crippen LogP contribution in [0.3, 0.4) is 0 Å². The van der Waals surface area contributed by atoms with Gasteiger partial charge in [-0.25, -0.2) is 0 Å². The molecule has 138 valence electrons. The van der Waals surface area contributed by atoms with Crippen LogP contribution in [-0.4, -0.2) is 24.5 Å². The van der Waals surface area contributed by atoms with E-state index in [1.807, 2.05) is 26.0 Å². The molecule has 0 aliphatic carbocycles. The van der Waals surface area contributed by atoms with Crippen LogP contribution in [0.1, 0.15) is 18.1 Å². The Bertz CT molecular complexity index is 795. The molecule has 0 saturated carbocycles. The predicted octanol–water partition coefficient (Wildman–Crippen LogP) is 2.95. The van der Waals surface area contributed by atoms with E-state index in [-0.39, 0.29) is 6.61 Å². The number of halogens is 1. The lowest BCUT2D eigenvalue weighted by Crippen LogP contribution is -2.48. The molecule has 0 aromatic heterocycles. The standard InChI is InChI=1S/C19H21ClN2O4/c1-12-8-9-15(10-13(12)2)26-14(3)19(24)22-21-18(23)11-25-17-7-5-4-6-16(17)20/h4-10,14H,11H2,1-3H3,(H,21,23)(H,22,24). The molecule has 0 spiro atoms. The quantitative estimate of drug-likeness (QED) is 0.760. The monoisotopic (exact) mass is 376 g/mol. The van der Waals surface area contributed by atoms with Crippen LogP contribution in [-0.2, 0) is 9.59 Å². The number of ether oxygens (including phenoxy) is 2. The van der Waals surface area contributed by atoms with E-state index < -0.39 is 17.9 Å². The number of carbonyl (C=O) groups is 2. The van der Waals surface area contributed by atoms with Crippen molar-refractivity contribution in [1.82, 2.24) is 10.9 Å². The summed E-state index contributed by atoms with van der Waals surface area (Å²) in [6.07, 6.45) is -0.776. The molecule has 0 aliphatic rings. The van der Waals surface area contributed by atoms with Crippen molar-refractivity contribution in [3.8, 4) is 11.5 Å². The van der Waals surface area contributed by atoms with Gasteiger partial charge in [0, 0.05) is 0 Å². The van der Waals surface area contributed by atoms with Crippen molar-refractivity contribution in [2.45, 2.75) is 26.9 Å². The fourth-order valence-corrected chi connectivity index (χ4v) is 2.21. The third-order valence-electron chi connectivity index (χ3n) is 3.68. The molecule has 2 amide bonds. The maximum Gasteiger partial charge on any atom is 0.279 e. The molecule has 7 heteroatoms. The molecule has 2 N–H and O–H groups in total. The third kappa shape index (κ3) is 5.67. The smallest absolute Gasteiger partial charge is 0.279 e. The van der Waals surface area contributed by atoms with Crippen LogP contribution < -0.4 is 20.3 Å². The molecule has 2 aromatic rings. The van der Waals surface area contributed by atoms with Crippen molar-refractivity contribution in [2.75, 3.05) is 6.61 Å². The van der Waals surface area contributed by atoms with E-state index in [9.17, 15) is 9.59 Å². The van der Waals surface area contributed by atoms with Crippen molar-refractivity contribution in [3.63, 3.8) is 0 Å². The fourth-order valence-electron chi connectivity index (χ4n) is 2.02. The second-order valence-corrected chi connectivity index (χ2v) is 6.17. The summed E-state index contributed by atoms with van der Waals surface area (Å²) in [4.78, 5) is 23.8. The summed E-state index contributed by atoms with van der Waals surface area (Å²) in [6.45, 7) is 5.27. The van der Waals surface area contributed by atoms with Crippen molar-refractivity contribution in [1.29, 1.82) is 0 Å². The largest absolute Gasteiger partial charge is 0.482 e. The summed E-state index contributed by atoms with van der Waals surface area (Å²) in [5.41, 5.74) is 6.78. The summed E-state index contributed by atoms with van der Waals surface area (Å²) < 4.78 is 10.9. The van der Waals surface area contributed by atoms with E-state index in [0.29, 0.717) is 16.5 Å². The lowest BCUT2D eigenvalue weighted by Gasteiger charge is -2.16. The number of hydrogen-bond donors (Lipinski definition) is 2.